The Morgan fingerprint density at radius 2 is 1.75 bits per heavy atom. The van der Waals surface area contributed by atoms with Crippen LogP contribution in [-0.2, 0) is 9.59 Å². The maximum Gasteiger partial charge on any atom is 0.236 e. The van der Waals surface area contributed by atoms with Crippen LogP contribution in [0, 0.1) is 5.92 Å². The summed E-state index contributed by atoms with van der Waals surface area (Å²) < 4.78 is 0. The van der Waals surface area contributed by atoms with Crippen molar-refractivity contribution in [3.05, 3.63) is 0 Å². The lowest BCUT2D eigenvalue weighted by molar-refractivity contribution is -0.134. The molecule has 0 aromatic rings. The average molecular weight is 230 g/mol. The molecule has 4 nitrogen and oxygen atoms in total. The molecule has 0 aliphatic heterocycles. The first kappa shape index (κ1) is 17.5. The van der Waals surface area contributed by atoms with Crippen LogP contribution >= 0.6 is 0 Å². The number of rotatable bonds is 6. The predicted octanol–water partition coefficient (Wildman–Crippen LogP) is 1.31. The van der Waals surface area contributed by atoms with Crippen LogP contribution in [0.2, 0.25) is 0 Å². The third kappa shape index (κ3) is 8.41. The molecule has 0 aliphatic carbocycles. The lowest BCUT2D eigenvalue weighted by Crippen LogP contribution is -2.39. The average Bonchev–Trinajstić information content (AvgIpc) is 2.28. The van der Waals surface area contributed by atoms with E-state index in [2.05, 4.69) is 5.32 Å². The summed E-state index contributed by atoms with van der Waals surface area (Å²) in [4.78, 5) is 24.2. The zero-order valence-electron chi connectivity index (χ0n) is 11.5. The summed E-state index contributed by atoms with van der Waals surface area (Å²) in [6, 6.07) is 0. The number of amides is 1. The van der Waals surface area contributed by atoms with Gasteiger partial charge in [-0.3, -0.25) is 9.59 Å². The van der Waals surface area contributed by atoms with Gasteiger partial charge in [0.25, 0.3) is 0 Å². The number of carbonyl (C=O) groups excluding carboxylic acids is 2. The van der Waals surface area contributed by atoms with Crippen molar-refractivity contribution >= 4 is 11.7 Å². The van der Waals surface area contributed by atoms with E-state index in [-0.39, 0.29) is 24.2 Å². The number of hydrogen-bond acceptors (Lipinski definition) is 3. The minimum Gasteiger partial charge on any atom is -0.337 e. The fourth-order valence-corrected chi connectivity index (χ4v) is 0.871. The normalized spacial score (nSPS) is 9.44. The molecule has 1 N–H and O–H groups in total. The Bertz CT molecular complexity index is 203. The largest absolute Gasteiger partial charge is 0.337 e. The summed E-state index contributed by atoms with van der Waals surface area (Å²) in [5.41, 5.74) is 0. The van der Waals surface area contributed by atoms with Gasteiger partial charge in [0.05, 0.1) is 13.1 Å². The van der Waals surface area contributed by atoms with Gasteiger partial charge >= 0.3 is 0 Å². The first-order valence-electron chi connectivity index (χ1n) is 5.96. The monoisotopic (exact) mass is 230 g/mol. The third-order valence-corrected chi connectivity index (χ3v) is 1.99. The Balaban J connectivity index is 0. The van der Waals surface area contributed by atoms with Crippen LogP contribution in [0.5, 0.6) is 0 Å². The van der Waals surface area contributed by atoms with Gasteiger partial charge in [-0.25, -0.2) is 0 Å². The van der Waals surface area contributed by atoms with Crippen LogP contribution in [0.1, 0.15) is 34.6 Å². The molecule has 0 radical (unpaired) electrons. The van der Waals surface area contributed by atoms with Crippen molar-refractivity contribution < 1.29 is 9.59 Å². The number of nitrogens with zero attached hydrogens (tertiary/aromatic N) is 1. The Hall–Kier alpha value is -0.900. The van der Waals surface area contributed by atoms with Gasteiger partial charge in [0, 0.05) is 13.0 Å². The van der Waals surface area contributed by atoms with Crippen molar-refractivity contribution in [2.75, 3.05) is 26.7 Å². The van der Waals surface area contributed by atoms with Crippen LogP contribution in [0.15, 0.2) is 0 Å². The molecule has 0 fully saturated rings. The highest BCUT2D eigenvalue weighted by atomic mass is 16.2. The highest BCUT2D eigenvalue weighted by Crippen LogP contribution is 1.96. The molecule has 0 aromatic carbocycles. The van der Waals surface area contributed by atoms with Crippen LogP contribution in [0.4, 0.5) is 0 Å². The Morgan fingerprint density at radius 1 is 1.25 bits per heavy atom. The van der Waals surface area contributed by atoms with Gasteiger partial charge < -0.3 is 10.2 Å². The SMILES string of the molecule is CC.CCNCC(=O)N(C)CC(=O)C(C)C. The van der Waals surface area contributed by atoms with E-state index in [1.165, 1.54) is 4.90 Å². The van der Waals surface area contributed by atoms with E-state index in [0.29, 0.717) is 6.54 Å². The maximum absolute atomic E-state index is 11.4. The molecule has 0 bridgehead atoms. The number of ketones is 1. The third-order valence-electron chi connectivity index (χ3n) is 1.99. The van der Waals surface area contributed by atoms with E-state index in [1.54, 1.807) is 7.05 Å². The lowest BCUT2D eigenvalue weighted by atomic mass is 10.1. The van der Waals surface area contributed by atoms with Gasteiger partial charge in [0.1, 0.15) is 0 Å². The molecule has 0 heterocycles. The molecule has 0 atom stereocenters. The minimum absolute atomic E-state index is 0.00983. The van der Waals surface area contributed by atoms with Crippen LogP contribution in [0.3, 0.4) is 0 Å². The summed E-state index contributed by atoms with van der Waals surface area (Å²) in [6.07, 6.45) is 0. The van der Waals surface area contributed by atoms with Crippen LogP contribution < -0.4 is 5.32 Å². The van der Waals surface area contributed by atoms with Gasteiger partial charge in [-0.05, 0) is 6.54 Å². The fraction of sp³-hybridized carbons (Fsp3) is 0.833. The minimum atomic E-state index is -0.0409. The molecule has 0 saturated heterocycles. The number of likely N-dealkylation sites (N-methyl/N-ethyl adjacent to an activating group) is 2. The molecule has 0 spiro atoms. The molecule has 16 heavy (non-hydrogen) atoms. The molecular weight excluding hydrogens is 204 g/mol. The number of carbonyl (C=O) groups is 2. The quantitative estimate of drug-likeness (QED) is 0.748. The standard InChI is InChI=1S/C10H20N2O2.C2H6/c1-5-11-6-10(14)12(4)7-9(13)8(2)3;1-2/h8,11H,5-7H2,1-4H3;1-2H3. The molecular formula is C12H26N2O2. The topological polar surface area (TPSA) is 49.4 Å². The summed E-state index contributed by atoms with van der Waals surface area (Å²) in [7, 11) is 1.65. The van der Waals surface area contributed by atoms with Crippen molar-refractivity contribution in [3.8, 4) is 0 Å². The molecule has 0 rings (SSSR count). The van der Waals surface area contributed by atoms with E-state index in [1.807, 2.05) is 34.6 Å². The second kappa shape index (κ2) is 10.6. The Kier molecular flexibility index (Phi) is 11.6. The summed E-state index contributed by atoms with van der Waals surface area (Å²) in [5, 5.41) is 2.93. The lowest BCUT2D eigenvalue weighted by Gasteiger charge is -2.17. The van der Waals surface area contributed by atoms with Gasteiger partial charge in [0.2, 0.25) is 5.91 Å². The van der Waals surface area contributed by atoms with Crippen LogP contribution in [0.25, 0.3) is 0 Å². The van der Waals surface area contributed by atoms with E-state index in [4.69, 9.17) is 0 Å². The molecule has 4 heteroatoms. The van der Waals surface area contributed by atoms with Crippen molar-refractivity contribution in [1.82, 2.24) is 10.2 Å². The van der Waals surface area contributed by atoms with E-state index >= 15 is 0 Å². The molecule has 1 amide bonds. The van der Waals surface area contributed by atoms with Crippen molar-refractivity contribution in [2.24, 2.45) is 5.92 Å². The van der Waals surface area contributed by atoms with Gasteiger partial charge in [-0.1, -0.05) is 34.6 Å². The van der Waals surface area contributed by atoms with Gasteiger partial charge in [0.15, 0.2) is 5.78 Å². The highest BCUT2D eigenvalue weighted by molar-refractivity contribution is 5.87. The number of hydrogen-bond donors (Lipinski definition) is 1. The summed E-state index contributed by atoms with van der Waals surface area (Å²) in [5.74, 6) is 0.0441. The zero-order chi connectivity index (χ0) is 13.1. The fourth-order valence-electron chi connectivity index (χ4n) is 0.871. The first-order chi connectivity index (χ1) is 7.49. The molecule has 96 valence electrons. The highest BCUT2D eigenvalue weighted by Gasteiger charge is 2.14. The van der Waals surface area contributed by atoms with E-state index < -0.39 is 0 Å². The van der Waals surface area contributed by atoms with Gasteiger partial charge in [-0.15, -0.1) is 0 Å². The summed E-state index contributed by atoms with van der Waals surface area (Å²) >= 11 is 0. The van der Waals surface area contributed by atoms with Crippen molar-refractivity contribution in [2.45, 2.75) is 34.6 Å². The summed E-state index contributed by atoms with van der Waals surface area (Å²) in [6.45, 7) is 10.9. The maximum atomic E-state index is 11.4. The first-order valence-corrected chi connectivity index (χ1v) is 5.96. The van der Waals surface area contributed by atoms with Gasteiger partial charge in [-0.2, -0.15) is 0 Å². The Labute approximate surface area is 99.4 Å². The molecule has 0 aliphatic rings. The number of Topliss-reactive ketones (excluding diaryl/α,β-unsaturated/α-hetero) is 1. The molecule has 0 aromatic heterocycles. The number of nitrogens with one attached hydrogen (secondary N) is 1. The molecule has 0 saturated carbocycles. The smallest absolute Gasteiger partial charge is 0.236 e. The van der Waals surface area contributed by atoms with E-state index in [0.717, 1.165) is 6.54 Å². The second-order valence-electron chi connectivity index (χ2n) is 3.65. The van der Waals surface area contributed by atoms with E-state index in [9.17, 15) is 9.59 Å². The zero-order valence-corrected chi connectivity index (χ0v) is 11.5. The predicted molar refractivity (Wildman–Crippen MR) is 67.4 cm³/mol. The van der Waals surface area contributed by atoms with Crippen molar-refractivity contribution in [1.29, 1.82) is 0 Å². The van der Waals surface area contributed by atoms with Crippen molar-refractivity contribution in [3.63, 3.8) is 0 Å². The Morgan fingerprint density at radius 3 is 2.12 bits per heavy atom. The second-order valence-corrected chi connectivity index (χ2v) is 3.65. The molecule has 0 unspecified atom stereocenters. The van der Waals surface area contributed by atoms with Crippen LogP contribution in [-0.4, -0.2) is 43.3 Å².